The first kappa shape index (κ1) is 14.3. The summed E-state index contributed by atoms with van der Waals surface area (Å²) in [7, 11) is 1.22. The van der Waals surface area contributed by atoms with Crippen LogP contribution in [-0.2, 0) is 17.6 Å². The molecule has 90 valence electrons. The lowest BCUT2D eigenvalue weighted by atomic mass is 10.0. The number of rotatable bonds is 2. The summed E-state index contributed by atoms with van der Waals surface area (Å²) in [6.45, 7) is 4.17. The maximum absolute atomic E-state index is 9.42. The van der Waals surface area contributed by atoms with Gasteiger partial charge in [-0.15, -0.1) is 0 Å². The zero-order valence-electron chi connectivity index (χ0n) is 9.99. The van der Waals surface area contributed by atoms with Gasteiger partial charge in [0.1, 0.15) is 5.75 Å². The van der Waals surface area contributed by atoms with Crippen molar-refractivity contribution >= 4 is 6.09 Å². The molecule has 1 amide bonds. The standard InChI is InChI=1S/C10H14O.C2H5NO2/c1-3-8-6-5-7-10(11)9(8)4-2;1-5-2(3)4/h5-7,11H,3-4H2,1-2H3;1H3,(H2,3,4). The van der Waals surface area contributed by atoms with Crippen molar-refractivity contribution in [2.75, 3.05) is 7.11 Å². The van der Waals surface area contributed by atoms with Gasteiger partial charge in [-0.2, -0.15) is 0 Å². The number of phenols is 1. The maximum Gasteiger partial charge on any atom is 0.404 e. The molecule has 16 heavy (non-hydrogen) atoms. The minimum absolute atomic E-state index is 0.437. The number of benzene rings is 1. The number of ether oxygens (including phenoxy) is 1. The summed E-state index contributed by atoms with van der Waals surface area (Å²) < 4.78 is 3.89. The smallest absolute Gasteiger partial charge is 0.404 e. The number of hydrogen-bond acceptors (Lipinski definition) is 3. The molecule has 0 aliphatic carbocycles. The molecular weight excluding hydrogens is 206 g/mol. The topological polar surface area (TPSA) is 72.6 Å². The fourth-order valence-electron chi connectivity index (χ4n) is 1.36. The monoisotopic (exact) mass is 225 g/mol. The van der Waals surface area contributed by atoms with E-state index in [4.69, 9.17) is 0 Å². The Hall–Kier alpha value is -1.71. The van der Waals surface area contributed by atoms with Crippen molar-refractivity contribution in [3.8, 4) is 5.75 Å². The number of aryl methyl sites for hydroxylation is 1. The Labute approximate surface area is 96.0 Å². The van der Waals surface area contributed by atoms with Gasteiger partial charge in [0.05, 0.1) is 7.11 Å². The number of primary amides is 1. The summed E-state index contributed by atoms with van der Waals surface area (Å²) in [6, 6.07) is 5.71. The van der Waals surface area contributed by atoms with E-state index in [1.165, 1.54) is 12.7 Å². The molecule has 1 aromatic carbocycles. The van der Waals surface area contributed by atoms with Gasteiger partial charge >= 0.3 is 6.09 Å². The molecule has 0 bridgehead atoms. The molecule has 1 rings (SSSR count). The van der Waals surface area contributed by atoms with Crippen LogP contribution in [0.15, 0.2) is 18.2 Å². The maximum atomic E-state index is 9.42. The van der Waals surface area contributed by atoms with Crippen molar-refractivity contribution in [2.45, 2.75) is 26.7 Å². The number of phenolic OH excluding ortho intramolecular Hbond substituents is 1. The highest BCUT2D eigenvalue weighted by atomic mass is 16.5. The van der Waals surface area contributed by atoms with Crippen LogP contribution in [0.2, 0.25) is 0 Å². The third kappa shape index (κ3) is 4.68. The molecular formula is C12H19NO3. The van der Waals surface area contributed by atoms with E-state index in [0.29, 0.717) is 5.75 Å². The van der Waals surface area contributed by atoms with Gasteiger partial charge in [0, 0.05) is 0 Å². The van der Waals surface area contributed by atoms with Crippen LogP contribution in [0.4, 0.5) is 4.79 Å². The van der Waals surface area contributed by atoms with E-state index in [1.54, 1.807) is 6.07 Å². The summed E-state index contributed by atoms with van der Waals surface area (Å²) in [4.78, 5) is 9.37. The van der Waals surface area contributed by atoms with Crippen molar-refractivity contribution in [1.29, 1.82) is 0 Å². The van der Waals surface area contributed by atoms with E-state index >= 15 is 0 Å². The minimum Gasteiger partial charge on any atom is -0.508 e. The van der Waals surface area contributed by atoms with E-state index in [2.05, 4.69) is 30.4 Å². The molecule has 0 radical (unpaired) electrons. The molecule has 0 fully saturated rings. The Balaban J connectivity index is 0.000000385. The molecule has 0 unspecified atom stereocenters. The molecule has 0 aliphatic rings. The molecule has 0 saturated heterocycles. The van der Waals surface area contributed by atoms with E-state index < -0.39 is 6.09 Å². The number of methoxy groups -OCH3 is 1. The number of aromatic hydroxyl groups is 1. The van der Waals surface area contributed by atoms with Crippen molar-refractivity contribution in [2.24, 2.45) is 5.73 Å². The van der Waals surface area contributed by atoms with Gasteiger partial charge in [0.25, 0.3) is 0 Å². The van der Waals surface area contributed by atoms with Crippen LogP contribution in [-0.4, -0.2) is 18.3 Å². The third-order valence-electron chi connectivity index (χ3n) is 2.18. The van der Waals surface area contributed by atoms with Gasteiger partial charge in [0.15, 0.2) is 0 Å². The van der Waals surface area contributed by atoms with Crippen molar-refractivity contribution in [3.63, 3.8) is 0 Å². The highest BCUT2D eigenvalue weighted by molar-refractivity contribution is 5.64. The average molecular weight is 225 g/mol. The lowest BCUT2D eigenvalue weighted by Crippen LogP contribution is -2.08. The number of carbonyl (C=O) groups excluding carboxylic acids is 1. The van der Waals surface area contributed by atoms with Gasteiger partial charge in [-0.25, -0.2) is 4.79 Å². The van der Waals surface area contributed by atoms with Crippen molar-refractivity contribution in [3.05, 3.63) is 29.3 Å². The number of hydrogen-bond donors (Lipinski definition) is 2. The van der Waals surface area contributed by atoms with Gasteiger partial charge in [0.2, 0.25) is 0 Å². The van der Waals surface area contributed by atoms with Crippen molar-refractivity contribution < 1.29 is 14.6 Å². The Morgan fingerprint density at radius 3 is 2.25 bits per heavy atom. The summed E-state index contributed by atoms with van der Waals surface area (Å²) in [5.41, 5.74) is 6.78. The molecule has 0 saturated carbocycles. The molecule has 4 heteroatoms. The molecule has 0 spiro atoms. The molecule has 4 nitrogen and oxygen atoms in total. The first-order valence-electron chi connectivity index (χ1n) is 5.19. The third-order valence-corrected chi connectivity index (χ3v) is 2.18. The van der Waals surface area contributed by atoms with Crippen LogP contribution >= 0.6 is 0 Å². The predicted octanol–water partition coefficient (Wildman–Crippen LogP) is 2.23. The normalized spacial score (nSPS) is 8.94. The Kier molecular flexibility index (Phi) is 6.76. The van der Waals surface area contributed by atoms with E-state index in [1.807, 2.05) is 6.07 Å². The molecule has 0 aromatic heterocycles. The van der Waals surface area contributed by atoms with Gasteiger partial charge in [-0.3, -0.25) is 0 Å². The molecule has 0 atom stereocenters. The van der Waals surface area contributed by atoms with Crippen LogP contribution in [0.25, 0.3) is 0 Å². The van der Waals surface area contributed by atoms with Gasteiger partial charge in [-0.1, -0.05) is 26.0 Å². The van der Waals surface area contributed by atoms with Crippen LogP contribution in [0.1, 0.15) is 25.0 Å². The lowest BCUT2D eigenvalue weighted by molar-refractivity contribution is 0.182. The van der Waals surface area contributed by atoms with Crippen LogP contribution in [0.3, 0.4) is 0 Å². The number of nitrogens with two attached hydrogens (primary N) is 1. The quantitative estimate of drug-likeness (QED) is 0.810. The van der Waals surface area contributed by atoms with Crippen LogP contribution < -0.4 is 5.73 Å². The molecule has 0 heterocycles. The second kappa shape index (κ2) is 7.56. The highest BCUT2D eigenvalue weighted by Gasteiger charge is 2.02. The fraction of sp³-hybridized carbons (Fsp3) is 0.417. The summed E-state index contributed by atoms with van der Waals surface area (Å²) in [6.07, 6.45) is 1.16. The highest BCUT2D eigenvalue weighted by Crippen LogP contribution is 2.21. The summed E-state index contributed by atoms with van der Waals surface area (Å²) in [5, 5.41) is 9.42. The summed E-state index contributed by atoms with van der Waals surface area (Å²) in [5.74, 6) is 0.437. The first-order valence-corrected chi connectivity index (χ1v) is 5.19. The van der Waals surface area contributed by atoms with Crippen LogP contribution in [0.5, 0.6) is 5.75 Å². The molecule has 0 aliphatic heterocycles. The van der Waals surface area contributed by atoms with Crippen molar-refractivity contribution in [1.82, 2.24) is 0 Å². The van der Waals surface area contributed by atoms with Crippen LogP contribution in [0, 0.1) is 0 Å². The van der Waals surface area contributed by atoms with Gasteiger partial charge in [-0.05, 0) is 30.0 Å². The van der Waals surface area contributed by atoms with E-state index in [-0.39, 0.29) is 0 Å². The summed E-state index contributed by atoms with van der Waals surface area (Å²) >= 11 is 0. The zero-order valence-corrected chi connectivity index (χ0v) is 9.99. The Bertz CT molecular complexity index is 337. The number of amides is 1. The molecule has 1 aromatic rings. The van der Waals surface area contributed by atoms with E-state index in [9.17, 15) is 9.90 Å². The van der Waals surface area contributed by atoms with E-state index in [0.717, 1.165) is 18.4 Å². The Morgan fingerprint density at radius 2 is 1.94 bits per heavy atom. The number of carbonyl (C=O) groups is 1. The second-order valence-electron chi connectivity index (χ2n) is 3.15. The molecule has 3 N–H and O–H groups in total. The minimum atomic E-state index is -0.745. The zero-order chi connectivity index (χ0) is 12.6. The Morgan fingerprint density at radius 1 is 1.38 bits per heavy atom. The van der Waals surface area contributed by atoms with Gasteiger partial charge < -0.3 is 15.6 Å². The lowest BCUT2D eigenvalue weighted by Gasteiger charge is -2.06. The SMILES string of the molecule is CCc1cccc(O)c1CC.COC(N)=O. The second-order valence-corrected chi connectivity index (χ2v) is 3.15. The average Bonchev–Trinajstić information content (AvgIpc) is 2.29. The fourth-order valence-corrected chi connectivity index (χ4v) is 1.36. The predicted molar refractivity (Wildman–Crippen MR) is 63.5 cm³/mol. The largest absolute Gasteiger partial charge is 0.508 e. The first-order chi connectivity index (χ1) is 7.56.